The van der Waals surface area contributed by atoms with Gasteiger partial charge in [-0.1, -0.05) is 48.5 Å². The molecule has 1 saturated heterocycles. The maximum Gasteiger partial charge on any atom is 0.336 e. The van der Waals surface area contributed by atoms with Gasteiger partial charge in [0.05, 0.1) is 17.2 Å². The van der Waals surface area contributed by atoms with Gasteiger partial charge in [-0.3, -0.25) is 9.80 Å². The lowest BCUT2D eigenvalue weighted by molar-refractivity contribution is -0.0703. The molecule has 2 N–H and O–H groups in total. The molecule has 2 atom stereocenters. The number of benzene rings is 2. The number of β-amino-alcohol motifs (C(OH)–C–C–N with tert-alkyl or cyclic N) is 1. The topological polar surface area (TPSA) is 64.0 Å². The molecule has 1 aliphatic heterocycles. The van der Waals surface area contributed by atoms with Crippen LogP contribution in [0.15, 0.2) is 54.6 Å². The molecule has 5 heteroatoms. The van der Waals surface area contributed by atoms with Gasteiger partial charge in [0, 0.05) is 19.6 Å². The van der Waals surface area contributed by atoms with Crippen LogP contribution in [0, 0.1) is 0 Å². The molecular formula is C21H26N2O3. The highest BCUT2D eigenvalue weighted by atomic mass is 16.4. The summed E-state index contributed by atoms with van der Waals surface area (Å²) in [6.45, 7) is 1.82. The minimum absolute atomic E-state index is 0.328. The maximum atomic E-state index is 11.4. The molecule has 2 aromatic rings. The highest BCUT2D eigenvalue weighted by Gasteiger charge is 2.45. The summed E-state index contributed by atoms with van der Waals surface area (Å²) >= 11 is 0. The second-order valence-corrected chi connectivity index (χ2v) is 7.15. The van der Waals surface area contributed by atoms with Crippen molar-refractivity contribution in [2.75, 3.05) is 27.2 Å². The van der Waals surface area contributed by atoms with Crippen LogP contribution in [0.5, 0.6) is 0 Å². The van der Waals surface area contributed by atoms with Crippen LogP contribution in [0.4, 0.5) is 0 Å². The minimum atomic E-state index is -0.912. The SMILES string of the molecule is CN(C)[C@]1(c2ccccc2)CCN(Cc2ccccc2C(=O)O)C[C@H]1O. The number of nitrogens with zero attached hydrogens (tertiary/aromatic N) is 2. The lowest BCUT2D eigenvalue weighted by atomic mass is 9.77. The van der Waals surface area contributed by atoms with E-state index >= 15 is 0 Å². The molecule has 26 heavy (non-hydrogen) atoms. The van der Waals surface area contributed by atoms with Crippen LogP contribution in [0.1, 0.15) is 27.9 Å². The number of aliphatic hydroxyl groups excluding tert-OH is 1. The lowest BCUT2D eigenvalue weighted by Crippen LogP contribution is -2.59. The summed E-state index contributed by atoms with van der Waals surface area (Å²) in [5.41, 5.74) is 1.80. The van der Waals surface area contributed by atoms with Crippen molar-refractivity contribution >= 4 is 5.97 Å². The first-order chi connectivity index (χ1) is 12.4. The summed E-state index contributed by atoms with van der Waals surface area (Å²) in [5.74, 6) is -0.912. The van der Waals surface area contributed by atoms with E-state index in [1.165, 1.54) is 0 Å². The summed E-state index contributed by atoms with van der Waals surface area (Å²) in [6.07, 6.45) is 0.214. The van der Waals surface area contributed by atoms with E-state index in [-0.39, 0.29) is 0 Å². The molecule has 0 saturated carbocycles. The molecular weight excluding hydrogens is 328 g/mol. The van der Waals surface area contributed by atoms with Crippen molar-refractivity contribution in [2.45, 2.75) is 24.6 Å². The number of rotatable bonds is 5. The standard InChI is InChI=1S/C21H26N2O3/c1-22(2)21(17-9-4-3-5-10-17)12-13-23(15-19(21)24)14-16-8-6-7-11-18(16)20(25)26/h3-11,19,24H,12-15H2,1-2H3,(H,25,26)/t19-,21+/m1/s1. The van der Waals surface area contributed by atoms with E-state index < -0.39 is 17.6 Å². The van der Waals surface area contributed by atoms with Crippen LogP contribution < -0.4 is 0 Å². The van der Waals surface area contributed by atoms with Crippen molar-refractivity contribution in [1.82, 2.24) is 9.80 Å². The number of hydrogen-bond donors (Lipinski definition) is 2. The first-order valence-electron chi connectivity index (χ1n) is 8.89. The number of aliphatic hydroxyl groups is 1. The Kier molecular flexibility index (Phi) is 5.41. The number of carboxylic acids is 1. The first kappa shape index (κ1) is 18.6. The van der Waals surface area contributed by atoms with Crippen LogP contribution in [0.2, 0.25) is 0 Å². The summed E-state index contributed by atoms with van der Waals surface area (Å²) < 4.78 is 0. The smallest absolute Gasteiger partial charge is 0.336 e. The van der Waals surface area contributed by atoms with Gasteiger partial charge in [0.25, 0.3) is 0 Å². The van der Waals surface area contributed by atoms with E-state index in [0.29, 0.717) is 18.7 Å². The molecule has 1 fully saturated rings. The van der Waals surface area contributed by atoms with Gasteiger partial charge in [0.1, 0.15) is 0 Å². The lowest BCUT2D eigenvalue weighted by Gasteiger charge is -2.50. The van der Waals surface area contributed by atoms with Crippen molar-refractivity contribution in [3.63, 3.8) is 0 Å². The van der Waals surface area contributed by atoms with E-state index in [1.807, 2.05) is 44.4 Å². The van der Waals surface area contributed by atoms with E-state index in [4.69, 9.17) is 0 Å². The van der Waals surface area contributed by atoms with Crippen LogP contribution >= 0.6 is 0 Å². The van der Waals surface area contributed by atoms with Crippen molar-refractivity contribution in [2.24, 2.45) is 0 Å². The Morgan fingerprint density at radius 2 is 1.81 bits per heavy atom. The van der Waals surface area contributed by atoms with Crippen LogP contribution in [0.3, 0.4) is 0 Å². The van der Waals surface area contributed by atoms with Crippen LogP contribution in [-0.4, -0.2) is 59.3 Å². The number of carbonyl (C=O) groups is 1. The van der Waals surface area contributed by atoms with Crippen molar-refractivity contribution in [3.8, 4) is 0 Å². The third kappa shape index (κ3) is 3.38. The quantitative estimate of drug-likeness (QED) is 0.863. The van der Waals surface area contributed by atoms with Crippen molar-refractivity contribution in [3.05, 3.63) is 71.3 Å². The fourth-order valence-electron chi connectivity index (χ4n) is 4.08. The largest absolute Gasteiger partial charge is 0.478 e. The molecule has 0 spiro atoms. The number of hydrogen-bond acceptors (Lipinski definition) is 4. The Bertz CT molecular complexity index is 763. The molecule has 3 rings (SSSR count). The van der Waals surface area contributed by atoms with Gasteiger partial charge < -0.3 is 10.2 Å². The Morgan fingerprint density at radius 3 is 2.42 bits per heavy atom. The average Bonchev–Trinajstić information content (AvgIpc) is 2.63. The third-order valence-corrected chi connectivity index (χ3v) is 5.51. The second kappa shape index (κ2) is 7.58. The first-order valence-corrected chi connectivity index (χ1v) is 8.89. The molecule has 5 nitrogen and oxygen atoms in total. The molecule has 0 aliphatic carbocycles. The summed E-state index contributed by atoms with van der Waals surface area (Å²) in [6, 6.07) is 17.2. The zero-order chi connectivity index (χ0) is 18.7. The average molecular weight is 354 g/mol. The molecule has 0 radical (unpaired) electrons. The second-order valence-electron chi connectivity index (χ2n) is 7.15. The summed E-state index contributed by atoms with van der Waals surface area (Å²) in [7, 11) is 4.01. The Labute approximate surface area is 154 Å². The van der Waals surface area contributed by atoms with Gasteiger partial charge in [0.2, 0.25) is 0 Å². The van der Waals surface area contributed by atoms with Crippen molar-refractivity contribution in [1.29, 1.82) is 0 Å². The minimum Gasteiger partial charge on any atom is -0.478 e. The molecule has 1 heterocycles. The molecule has 0 bridgehead atoms. The number of piperidine rings is 1. The van der Waals surface area contributed by atoms with Gasteiger partial charge in [0.15, 0.2) is 0 Å². The normalized spacial score (nSPS) is 23.9. The molecule has 0 aromatic heterocycles. The highest BCUT2D eigenvalue weighted by molar-refractivity contribution is 5.89. The fourth-order valence-corrected chi connectivity index (χ4v) is 4.08. The van der Waals surface area contributed by atoms with E-state index in [0.717, 1.165) is 24.1 Å². The van der Waals surface area contributed by atoms with Gasteiger partial charge in [-0.2, -0.15) is 0 Å². The predicted molar refractivity (Wildman–Crippen MR) is 101 cm³/mol. The molecule has 0 unspecified atom stereocenters. The fraction of sp³-hybridized carbons (Fsp3) is 0.381. The predicted octanol–water partition coefficient (Wildman–Crippen LogP) is 2.41. The number of likely N-dealkylation sites (N-methyl/N-ethyl adjacent to an activating group) is 1. The number of likely N-dealkylation sites (tertiary alicyclic amines) is 1. The van der Waals surface area contributed by atoms with Gasteiger partial charge >= 0.3 is 5.97 Å². The highest BCUT2D eigenvalue weighted by Crippen LogP contribution is 2.38. The van der Waals surface area contributed by atoms with E-state index in [9.17, 15) is 15.0 Å². The van der Waals surface area contributed by atoms with Gasteiger partial charge in [-0.15, -0.1) is 0 Å². The van der Waals surface area contributed by atoms with E-state index in [1.54, 1.807) is 12.1 Å². The number of aromatic carboxylic acids is 1. The zero-order valence-electron chi connectivity index (χ0n) is 15.3. The Morgan fingerprint density at radius 1 is 1.15 bits per heavy atom. The van der Waals surface area contributed by atoms with Gasteiger partial charge in [-0.05, 0) is 37.7 Å². The van der Waals surface area contributed by atoms with Crippen molar-refractivity contribution < 1.29 is 15.0 Å². The van der Waals surface area contributed by atoms with Gasteiger partial charge in [-0.25, -0.2) is 4.79 Å². The molecule has 138 valence electrons. The molecule has 1 aliphatic rings. The molecule has 2 aromatic carbocycles. The zero-order valence-corrected chi connectivity index (χ0v) is 15.3. The van der Waals surface area contributed by atoms with E-state index in [2.05, 4.69) is 21.9 Å². The summed E-state index contributed by atoms with van der Waals surface area (Å²) in [5, 5.41) is 20.4. The van der Waals surface area contributed by atoms with Crippen LogP contribution in [0.25, 0.3) is 0 Å². The third-order valence-electron chi connectivity index (χ3n) is 5.51. The Balaban J connectivity index is 1.81. The maximum absolute atomic E-state index is 11.4. The summed E-state index contributed by atoms with van der Waals surface area (Å²) in [4.78, 5) is 15.7. The molecule has 0 amide bonds. The monoisotopic (exact) mass is 354 g/mol. The van der Waals surface area contributed by atoms with Crippen LogP contribution in [-0.2, 0) is 12.1 Å². The Hall–Kier alpha value is -2.21. The number of carboxylic acid groups (broad SMARTS) is 1.